The zero-order valence-corrected chi connectivity index (χ0v) is 17.0. The number of alkyl halides is 2. The van der Waals surface area contributed by atoms with Crippen LogP contribution in [0.3, 0.4) is 0 Å². The maximum absolute atomic E-state index is 14.1. The minimum atomic E-state index is -5.69. The molecule has 6 nitrogen and oxygen atoms in total. The summed E-state index contributed by atoms with van der Waals surface area (Å²) in [5.74, 6) is -0.469. The highest BCUT2D eigenvalue weighted by molar-refractivity contribution is 9.10. The smallest absolute Gasteiger partial charge is 0.349 e. The molecule has 0 aliphatic heterocycles. The SMILES string of the molecule is N#CC1CCC(NC(=O)c2ccc3sc(C(F)(F)P(=O)(O)O)c(Br)c3c2)C1. The zero-order valence-electron chi connectivity index (χ0n) is 13.7. The number of amides is 1. The monoisotopic (exact) mass is 478 g/mol. The molecule has 0 spiro atoms. The van der Waals surface area contributed by atoms with E-state index >= 15 is 0 Å². The van der Waals surface area contributed by atoms with Crippen LogP contribution in [0.1, 0.15) is 34.5 Å². The number of rotatable bonds is 4. The number of halogens is 3. The third-order valence-corrected chi connectivity index (χ3v) is 7.91. The molecule has 3 rings (SSSR count). The van der Waals surface area contributed by atoms with E-state index in [1.807, 2.05) is 0 Å². The molecule has 1 aromatic carbocycles. The first kappa shape index (κ1) is 20.4. The Balaban J connectivity index is 1.90. The fourth-order valence-corrected chi connectivity index (χ4v) is 5.96. The highest BCUT2D eigenvalue weighted by Crippen LogP contribution is 2.62. The van der Waals surface area contributed by atoms with Crippen molar-refractivity contribution in [2.24, 2.45) is 5.92 Å². The summed E-state index contributed by atoms with van der Waals surface area (Å²) in [6, 6.07) is 6.40. The Hall–Kier alpha value is -1.37. The molecule has 1 amide bonds. The molecule has 0 saturated heterocycles. The van der Waals surface area contributed by atoms with Gasteiger partial charge in [0.05, 0.1) is 6.07 Å². The maximum atomic E-state index is 14.1. The molecule has 1 aliphatic carbocycles. The Bertz CT molecular complexity index is 1000. The lowest BCUT2D eigenvalue weighted by atomic mass is 10.1. The van der Waals surface area contributed by atoms with Crippen LogP contribution in [0, 0.1) is 17.2 Å². The van der Waals surface area contributed by atoms with Crippen LogP contribution in [-0.4, -0.2) is 21.7 Å². The van der Waals surface area contributed by atoms with Crippen LogP contribution in [-0.2, 0) is 10.2 Å². The normalized spacial score (nSPS) is 20.6. The Labute approximate surface area is 165 Å². The van der Waals surface area contributed by atoms with Crippen molar-refractivity contribution in [3.8, 4) is 6.07 Å². The first-order chi connectivity index (χ1) is 12.5. The van der Waals surface area contributed by atoms with E-state index in [0.29, 0.717) is 28.9 Å². The van der Waals surface area contributed by atoms with Gasteiger partial charge in [-0.3, -0.25) is 9.36 Å². The molecular formula is C16H14BrF2N2O4PS. The molecule has 0 radical (unpaired) electrons. The van der Waals surface area contributed by atoms with E-state index in [1.165, 1.54) is 18.2 Å². The summed E-state index contributed by atoms with van der Waals surface area (Å²) >= 11 is 3.55. The average molecular weight is 479 g/mol. The topological polar surface area (TPSA) is 110 Å². The standard InChI is InChI=1S/C16H14BrF2N2O4PS/c17-13-11-6-9(15(22)21-10-3-1-8(5-10)7-20)2-4-12(11)27-14(13)16(18,19)26(23,24)25/h2,4,6,8,10H,1,3,5H2,(H,21,22)(H2,23,24,25). The van der Waals surface area contributed by atoms with Crippen molar-refractivity contribution in [2.75, 3.05) is 0 Å². The molecule has 1 aromatic heterocycles. The van der Waals surface area contributed by atoms with Gasteiger partial charge in [-0.15, -0.1) is 11.3 Å². The van der Waals surface area contributed by atoms with Crippen LogP contribution in [0.4, 0.5) is 8.78 Å². The van der Waals surface area contributed by atoms with E-state index in [9.17, 15) is 18.1 Å². The summed E-state index contributed by atoms with van der Waals surface area (Å²) in [5, 5.41) is 12.0. The van der Waals surface area contributed by atoms with Gasteiger partial charge in [0.2, 0.25) is 0 Å². The molecule has 144 valence electrons. The second-order valence-corrected chi connectivity index (χ2v) is 9.85. The minimum absolute atomic E-state index is 0.0822. The number of nitrogens with zero attached hydrogens (tertiary/aromatic N) is 1. The van der Waals surface area contributed by atoms with Crippen LogP contribution < -0.4 is 5.32 Å². The lowest BCUT2D eigenvalue weighted by molar-refractivity contribution is 0.0595. The zero-order chi connectivity index (χ0) is 20.0. The number of thiophene rings is 1. The molecule has 2 aromatic rings. The number of fused-ring (bicyclic) bond motifs is 1. The highest BCUT2D eigenvalue weighted by Gasteiger charge is 2.53. The summed E-state index contributed by atoms with van der Waals surface area (Å²) < 4.78 is 39.5. The number of nitriles is 1. The van der Waals surface area contributed by atoms with Gasteiger partial charge in [-0.1, -0.05) is 0 Å². The second-order valence-electron chi connectivity index (χ2n) is 6.35. The van der Waals surface area contributed by atoms with Crippen LogP contribution in [0.25, 0.3) is 10.1 Å². The van der Waals surface area contributed by atoms with Gasteiger partial charge in [-0.05, 0) is 53.4 Å². The van der Waals surface area contributed by atoms with Crippen LogP contribution in [0.5, 0.6) is 0 Å². The van der Waals surface area contributed by atoms with Crippen LogP contribution >= 0.6 is 34.9 Å². The Morgan fingerprint density at radius 1 is 1.41 bits per heavy atom. The lowest BCUT2D eigenvalue weighted by Gasteiger charge is -2.16. The molecule has 1 saturated carbocycles. The van der Waals surface area contributed by atoms with Crippen molar-refractivity contribution in [2.45, 2.75) is 31.0 Å². The van der Waals surface area contributed by atoms with Crippen molar-refractivity contribution in [3.05, 3.63) is 33.1 Å². The first-order valence-corrected chi connectivity index (χ1v) is 11.1. The third kappa shape index (κ3) is 3.80. The van der Waals surface area contributed by atoms with Gasteiger partial charge in [-0.2, -0.15) is 14.0 Å². The number of nitrogens with one attached hydrogen (secondary N) is 1. The van der Waals surface area contributed by atoms with Crippen LogP contribution in [0.2, 0.25) is 0 Å². The third-order valence-electron chi connectivity index (χ3n) is 4.48. The fourth-order valence-electron chi connectivity index (χ4n) is 3.03. The minimum Gasteiger partial charge on any atom is -0.349 e. The molecular weight excluding hydrogens is 465 g/mol. The second kappa shape index (κ2) is 7.22. The van der Waals surface area contributed by atoms with E-state index in [2.05, 4.69) is 27.3 Å². The molecule has 1 heterocycles. The molecule has 2 unspecified atom stereocenters. The van der Waals surface area contributed by atoms with E-state index in [1.54, 1.807) is 0 Å². The van der Waals surface area contributed by atoms with E-state index in [-0.39, 0.29) is 33.3 Å². The molecule has 0 bridgehead atoms. The number of hydrogen-bond acceptors (Lipinski definition) is 4. The van der Waals surface area contributed by atoms with Gasteiger partial charge in [0, 0.05) is 32.1 Å². The molecule has 27 heavy (non-hydrogen) atoms. The molecule has 11 heteroatoms. The quantitative estimate of drug-likeness (QED) is 0.567. The summed E-state index contributed by atoms with van der Waals surface area (Å²) in [6.45, 7) is 0. The highest BCUT2D eigenvalue weighted by atomic mass is 79.9. The number of carbonyl (C=O) groups excluding carboxylic acids is 1. The Kier molecular flexibility index (Phi) is 5.45. The molecule has 1 aliphatic rings. The van der Waals surface area contributed by atoms with Crippen molar-refractivity contribution in [3.63, 3.8) is 0 Å². The number of carbonyl (C=O) groups is 1. The lowest BCUT2D eigenvalue weighted by Crippen LogP contribution is -2.32. The largest absolute Gasteiger partial charge is 0.400 e. The Morgan fingerprint density at radius 3 is 2.70 bits per heavy atom. The predicted octanol–water partition coefficient (Wildman–Crippen LogP) is 4.31. The predicted molar refractivity (Wildman–Crippen MR) is 99.7 cm³/mol. The number of benzene rings is 1. The van der Waals surface area contributed by atoms with Crippen molar-refractivity contribution < 1.29 is 27.9 Å². The summed E-state index contributed by atoms with van der Waals surface area (Å²) in [7, 11) is -5.69. The van der Waals surface area contributed by atoms with E-state index < -0.39 is 18.1 Å². The van der Waals surface area contributed by atoms with Crippen molar-refractivity contribution in [1.82, 2.24) is 5.32 Å². The van der Waals surface area contributed by atoms with Gasteiger partial charge >= 0.3 is 13.3 Å². The van der Waals surface area contributed by atoms with Gasteiger partial charge in [0.1, 0.15) is 4.88 Å². The molecule has 1 fully saturated rings. The van der Waals surface area contributed by atoms with Crippen LogP contribution in [0.15, 0.2) is 22.7 Å². The summed E-state index contributed by atoms with van der Waals surface area (Å²) in [5.41, 5.74) is -4.08. The van der Waals surface area contributed by atoms with Gasteiger partial charge in [-0.25, -0.2) is 0 Å². The van der Waals surface area contributed by atoms with Gasteiger partial charge < -0.3 is 15.1 Å². The van der Waals surface area contributed by atoms with Gasteiger partial charge in [0.25, 0.3) is 5.91 Å². The Morgan fingerprint density at radius 2 is 2.11 bits per heavy atom. The summed E-state index contributed by atoms with van der Waals surface area (Å²) in [4.78, 5) is 29.6. The first-order valence-electron chi connectivity index (χ1n) is 7.91. The van der Waals surface area contributed by atoms with Crippen molar-refractivity contribution in [1.29, 1.82) is 5.26 Å². The van der Waals surface area contributed by atoms with E-state index in [0.717, 1.165) is 6.42 Å². The molecule has 2 atom stereocenters. The average Bonchev–Trinajstić information content (AvgIpc) is 3.18. The van der Waals surface area contributed by atoms with E-state index in [4.69, 9.17) is 15.0 Å². The fraction of sp³-hybridized carbons (Fsp3) is 0.375. The van der Waals surface area contributed by atoms with Gasteiger partial charge in [0.15, 0.2) is 0 Å². The summed E-state index contributed by atoms with van der Waals surface area (Å²) in [6.07, 6.45) is 2.00. The molecule has 3 N–H and O–H groups in total. The number of hydrogen-bond donors (Lipinski definition) is 3. The van der Waals surface area contributed by atoms with Crippen molar-refractivity contribution >= 4 is 50.9 Å². The maximum Gasteiger partial charge on any atom is 0.400 e.